The summed E-state index contributed by atoms with van der Waals surface area (Å²) < 4.78 is 1.46. The molecular weight excluding hydrogens is 184 g/mol. The van der Waals surface area contributed by atoms with E-state index in [0.29, 0.717) is 17.0 Å². The number of nitrogens with zero attached hydrogens (tertiary/aromatic N) is 4. The third-order valence-electron chi connectivity index (χ3n) is 1.91. The van der Waals surface area contributed by atoms with Crippen molar-refractivity contribution in [1.29, 1.82) is 0 Å². The van der Waals surface area contributed by atoms with Crippen molar-refractivity contribution < 1.29 is 9.90 Å². The minimum atomic E-state index is -0.880. The highest BCUT2D eigenvalue weighted by Crippen LogP contribution is 2.06. The molecule has 14 heavy (non-hydrogen) atoms. The monoisotopic (exact) mass is 192 g/mol. The lowest BCUT2D eigenvalue weighted by molar-refractivity contribution is -0.136. The summed E-state index contributed by atoms with van der Waals surface area (Å²) in [5.74, 6) is -0.397. The molecule has 0 bridgehead atoms. The number of aliphatic carboxylic acids is 1. The second-order valence-electron chi connectivity index (χ2n) is 2.93. The van der Waals surface area contributed by atoms with Crippen LogP contribution >= 0.6 is 0 Å². The molecule has 0 unspecified atom stereocenters. The highest BCUT2D eigenvalue weighted by molar-refractivity contribution is 5.70. The molecule has 0 aliphatic heterocycles. The molecule has 0 fully saturated rings. The number of hydrogen-bond acceptors (Lipinski definition) is 4. The van der Waals surface area contributed by atoms with Gasteiger partial charge in [0.15, 0.2) is 0 Å². The van der Waals surface area contributed by atoms with Gasteiger partial charge in [-0.05, 0) is 6.92 Å². The molecule has 6 heteroatoms. The SMILES string of the molecule is Cc1nc2ncnn2cc1CC(=O)O. The van der Waals surface area contributed by atoms with Crippen molar-refractivity contribution in [2.45, 2.75) is 13.3 Å². The molecule has 0 radical (unpaired) electrons. The molecule has 72 valence electrons. The van der Waals surface area contributed by atoms with Crippen molar-refractivity contribution in [1.82, 2.24) is 19.6 Å². The van der Waals surface area contributed by atoms with Gasteiger partial charge >= 0.3 is 5.97 Å². The predicted molar refractivity (Wildman–Crippen MR) is 46.9 cm³/mol. The molecule has 1 N–H and O–H groups in total. The third-order valence-corrected chi connectivity index (χ3v) is 1.91. The molecule has 0 atom stereocenters. The van der Waals surface area contributed by atoms with Gasteiger partial charge in [-0.1, -0.05) is 0 Å². The molecular formula is C8H8N4O2. The minimum absolute atomic E-state index is 0.0470. The van der Waals surface area contributed by atoms with Crippen molar-refractivity contribution in [2.24, 2.45) is 0 Å². The Labute approximate surface area is 79.2 Å². The summed E-state index contributed by atoms with van der Waals surface area (Å²) in [5.41, 5.74) is 1.32. The largest absolute Gasteiger partial charge is 0.481 e. The first-order valence-electron chi connectivity index (χ1n) is 4.04. The van der Waals surface area contributed by atoms with Crippen molar-refractivity contribution in [3.8, 4) is 0 Å². The van der Waals surface area contributed by atoms with Gasteiger partial charge in [0.2, 0.25) is 0 Å². The quantitative estimate of drug-likeness (QED) is 0.727. The molecule has 0 spiro atoms. The molecule has 2 rings (SSSR count). The van der Waals surface area contributed by atoms with E-state index in [9.17, 15) is 4.79 Å². The summed E-state index contributed by atoms with van der Waals surface area (Å²) in [6, 6.07) is 0. The predicted octanol–water partition coefficient (Wildman–Crippen LogP) is 0.0598. The second-order valence-corrected chi connectivity index (χ2v) is 2.93. The Balaban J connectivity index is 2.53. The van der Waals surface area contributed by atoms with Gasteiger partial charge in [0.25, 0.3) is 5.78 Å². The van der Waals surface area contributed by atoms with E-state index in [2.05, 4.69) is 15.1 Å². The smallest absolute Gasteiger partial charge is 0.307 e. The number of rotatable bonds is 2. The normalized spacial score (nSPS) is 10.6. The first-order chi connectivity index (χ1) is 6.66. The lowest BCUT2D eigenvalue weighted by Crippen LogP contribution is -2.06. The summed E-state index contributed by atoms with van der Waals surface area (Å²) in [7, 11) is 0. The lowest BCUT2D eigenvalue weighted by Gasteiger charge is -2.01. The Kier molecular flexibility index (Phi) is 1.88. The second kappa shape index (κ2) is 3.06. The maximum Gasteiger partial charge on any atom is 0.307 e. The highest BCUT2D eigenvalue weighted by atomic mass is 16.4. The van der Waals surface area contributed by atoms with Crippen LogP contribution in [-0.2, 0) is 11.2 Å². The van der Waals surface area contributed by atoms with Crippen molar-refractivity contribution >= 4 is 11.7 Å². The van der Waals surface area contributed by atoms with Gasteiger partial charge in [0.1, 0.15) is 6.33 Å². The molecule has 0 aromatic carbocycles. The Morgan fingerprint density at radius 3 is 3.14 bits per heavy atom. The van der Waals surface area contributed by atoms with Crippen LogP contribution in [-0.4, -0.2) is 30.7 Å². The standard InChI is InChI=1S/C8H8N4O2/c1-5-6(2-7(13)14)3-12-8(11-5)9-4-10-12/h3-4H,2H2,1H3,(H,13,14). The summed E-state index contributed by atoms with van der Waals surface area (Å²) >= 11 is 0. The maximum atomic E-state index is 10.5. The fourth-order valence-electron chi connectivity index (χ4n) is 1.21. The van der Waals surface area contributed by atoms with Crippen LogP contribution in [0.15, 0.2) is 12.5 Å². The maximum absolute atomic E-state index is 10.5. The van der Waals surface area contributed by atoms with E-state index in [4.69, 9.17) is 5.11 Å². The Bertz CT molecular complexity index is 491. The van der Waals surface area contributed by atoms with Gasteiger partial charge in [-0.25, -0.2) is 9.50 Å². The van der Waals surface area contributed by atoms with Crippen LogP contribution < -0.4 is 0 Å². The van der Waals surface area contributed by atoms with Gasteiger partial charge in [-0.15, -0.1) is 0 Å². The van der Waals surface area contributed by atoms with Gasteiger partial charge in [0, 0.05) is 17.5 Å². The van der Waals surface area contributed by atoms with Gasteiger partial charge < -0.3 is 5.11 Å². The molecule has 0 aliphatic rings. The molecule has 6 nitrogen and oxygen atoms in total. The molecule has 0 amide bonds. The van der Waals surface area contributed by atoms with Gasteiger partial charge in [0.05, 0.1) is 6.42 Å². The fraction of sp³-hybridized carbons (Fsp3) is 0.250. The van der Waals surface area contributed by atoms with Crippen LogP contribution in [0.1, 0.15) is 11.3 Å². The summed E-state index contributed by atoms with van der Waals surface area (Å²) in [4.78, 5) is 18.5. The topological polar surface area (TPSA) is 80.4 Å². The number of aromatic nitrogens is 4. The van der Waals surface area contributed by atoms with E-state index in [1.54, 1.807) is 13.1 Å². The number of carboxylic acid groups (broad SMARTS) is 1. The van der Waals surface area contributed by atoms with Gasteiger partial charge in [-0.3, -0.25) is 4.79 Å². The van der Waals surface area contributed by atoms with Crippen LogP contribution in [0.25, 0.3) is 5.78 Å². The average molecular weight is 192 g/mol. The van der Waals surface area contributed by atoms with E-state index >= 15 is 0 Å². The lowest BCUT2D eigenvalue weighted by atomic mass is 10.2. The summed E-state index contributed by atoms with van der Waals surface area (Å²) in [6.45, 7) is 1.76. The zero-order valence-corrected chi connectivity index (χ0v) is 7.51. The van der Waals surface area contributed by atoms with E-state index in [1.165, 1.54) is 10.8 Å². The van der Waals surface area contributed by atoms with Crippen LogP contribution in [0.5, 0.6) is 0 Å². The Morgan fingerprint density at radius 2 is 2.43 bits per heavy atom. The first-order valence-corrected chi connectivity index (χ1v) is 4.04. The number of carbonyl (C=O) groups is 1. The Hall–Kier alpha value is -1.98. The van der Waals surface area contributed by atoms with E-state index in [1.807, 2.05) is 0 Å². The summed E-state index contributed by atoms with van der Waals surface area (Å²) in [6.07, 6.45) is 2.97. The van der Waals surface area contributed by atoms with Crippen LogP contribution in [0, 0.1) is 6.92 Å². The molecule has 0 saturated carbocycles. The zero-order valence-electron chi connectivity index (χ0n) is 7.51. The van der Waals surface area contributed by atoms with Crippen molar-refractivity contribution in [3.63, 3.8) is 0 Å². The summed E-state index contributed by atoms with van der Waals surface area (Å²) in [5, 5.41) is 12.5. The zero-order chi connectivity index (χ0) is 10.1. The highest BCUT2D eigenvalue weighted by Gasteiger charge is 2.07. The van der Waals surface area contributed by atoms with Crippen LogP contribution in [0.3, 0.4) is 0 Å². The molecule has 0 saturated heterocycles. The van der Waals surface area contributed by atoms with Crippen molar-refractivity contribution in [3.05, 3.63) is 23.8 Å². The average Bonchev–Trinajstić information content (AvgIpc) is 2.51. The molecule has 0 aliphatic carbocycles. The number of fused-ring (bicyclic) bond motifs is 1. The molecule has 2 aromatic heterocycles. The van der Waals surface area contributed by atoms with Gasteiger partial charge in [-0.2, -0.15) is 10.1 Å². The number of carboxylic acids is 1. The van der Waals surface area contributed by atoms with E-state index in [-0.39, 0.29) is 6.42 Å². The van der Waals surface area contributed by atoms with Crippen molar-refractivity contribution in [2.75, 3.05) is 0 Å². The number of aryl methyl sites for hydroxylation is 1. The Morgan fingerprint density at radius 1 is 1.64 bits per heavy atom. The third kappa shape index (κ3) is 1.41. The minimum Gasteiger partial charge on any atom is -0.481 e. The van der Waals surface area contributed by atoms with Crippen LogP contribution in [0.2, 0.25) is 0 Å². The van der Waals surface area contributed by atoms with E-state index in [0.717, 1.165) is 0 Å². The molecule has 2 heterocycles. The molecule has 2 aromatic rings. The first kappa shape index (κ1) is 8.61. The number of hydrogen-bond donors (Lipinski definition) is 1. The van der Waals surface area contributed by atoms with E-state index < -0.39 is 5.97 Å². The van der Waals surface area contributed by atoms with Crippen LogP contribution in [0.4, 0.5) is 0 Å². The fourth-order valence-corrected chi connectivity index (χ4v) is 1.21.